The van der Waals surface area contributed by atoms with E-state index in [-0.39, 0.29) is 5.02 Å². The zero-order chi connectivity index (χ0) is 11.5. The largest absolute Gasteiger partial charge is 0.452 e. The molecular weight excluding hydrogens is 296 g/mol. The average Bonchev–Trinajstić information content (AvgIpc) is 2.67. The van der Waals surface area contributed by atoms with E-state index in [1.165, 1.54) is 6.07 Å². The van der Waals surface area contributed by atoms with Crippen LogP contribution in [-0.2, 0) is 6.54 Å². The van der Waals surface area contributed by atoms with Gasteiger partial charge in [0.15, 0.2) is 10.5 Å². The summed E-state index contributed by atoms with van der Waals surface area (Å²) in [5, 5.41) is 3.01. The fourth-order valence-corrected chi connectivity index (χ4v) is 1.78. The SMILES string of the molecule is Fc1c(Cl)cccc1NCc1ccc(Br)o1. The average molecular weight is 305 g/mol. The highest BCUT2D eigenvalue weighted by molar-refractivity contribution is 9.10. The fraction of sp³-hybridized carbons (Fsp3) is 0.0909. The lowest BCUT2D eigenvalue weighted by Crippen LogP contribution is -2.00. The van der Waals surface area contributed by atoms with E-state index in [0.29, 0.717) is 22.7 Å². The van der Waals surface area contributed by atoms with Crippen LogP contribution in [0.15, 0.2) is 39.4 Å². The normalized spacial score (nSPS) is 10.4. The van der Waals surface area contributed by atoms with E-state index in [2.05, 4.69) is 21.2 Å². The van der Waals surface area contributed by atoms with Crippen LogP contribution in [0, 0.1) is 5.82 Å². The number of hydrogen-bond acceptors (Lipinski definition) is 2. The van der Waals surface area contributed by atoms with Crippen LogP contribution in [0.1, 0.15) is 5.76 Å². The Labute approximate surface area is 106 Å². The van der Waals surface area contributed by atoms with Crippen molar-refractivity contribution in [1.82, 2.24) is 0 Å². The van der Waals surface area contributed by atoms with Crippen molar-refractivity contribution in [3.63, 3.8) is 0 Å². The quantitative estimate of drug-likeness (QED) is 0.906. The molecule has 16 heavy (non-hydrogen) atoms. The molecule has 2 aromatic rings. The van der Waals surface area contributed by atoms with Gasteiger partial charge in [0.25, 0.3) is 0 Å². The summed E-state index contributed by atoms with van der Waals surface area (Å²) in [6, 6.07) is 8.40. The van der Waals surface area contributed by atoms with Gasteiger partial charge in [-0.2, -0.15) is 0 Å². The summed E-state index contributed by atoms with van der Waals surface area (Å²) in [6.45, 7) is 0.406. The second kappa shape index (κ2) is 4.89. The standard InChI is InChI=1S/C11H8BrClFNO/c12-10-5-4-7(16-10)6-15-9-3-1-2-8(13)11(9)14/h1-5,15H,6H2. The fourth-order valence-electron chi connectivity index (χ4n) is 1.27. The highest BCUT2D eigenvalue weighted by atomic mass is 79.9. The molecule has 2 nitrogen and oxygen atoms in total. The number of benzene rings is 1. The van der Waals surface area contributed by atoms with Crippen LogP contribution >= 0.6 is 27.5 Å². The smallest absolute Gasteiger partial charge is 0.169 e. The van der Waals surface area contributed by atoms with Crippen LogP contribution in [0.25, 0.3) is 0 Å². The third-order valence-corrected chi connectivity index (χ3v) is 2.75. The summed E-state index contributed by atoms with van der Waals surface area (Å²) in [7, 11) is 0. The second-order valence-corrected chi connectivity index (χ2v) is 4.35. The molecule has 0 fully saturated rings. The van der Waals surface area contributed by atoms with Gasteiger partial charge in [0.2, 0.25) is 0 Å². The van der Waals surface area contributed by atoms with Crippen molar-refractivity contribution in [2.45, 2.75) is 6.54 Å². The first-order valence-corrected chi connectivity index (χ1v) is 5.76. The van der Waals surface area contributed by atoms with Crippen LogP contribution in [0.4, 0.5) is 10.1 Å². The van der Waals surface area contributed by atoms with E-state index in [1.807, 2.05) is 0 Å². The number of hydrogen-bond donors (Lipinski definition) is 1. The molecule has 1 heterocycles. The number of nitrogens with one attached hydrogen (secondary N) is 1. The van der Waals surface area contributed by atoms with Crippen LogP contribution < -0.4 is 5.32 Å². The topological polar surface area (TPSA) is 25.2 Å². The Morgan fingerprint density at radius 2 is 2.12 bits per heavy atom. The molecular formula is C11H8BrClFNO. The van der Waals surface area contributed by atoms with Crippen LogP contribution in [0.2, 0.25) is 5.02 Å². The lowest BCUT2D eigenvalue weighted by molar-refractivity contribution is 0.495. The van der Waals surface area contributed by atoms with Crippen molar-refractivity contribution in [2.75, 3.05) is 5.32 Å². The number of anilines is 1. The van der Waals surface area contributed by atoms with Gasteiger partial charge < -0.3 is 9.73 Å². The lowest BCUT2D eigenvalue weighted by Gasteiger charge is -2.06. The van der Waals surface area contributed by atoms with Crippen LogP contribution in [-0.4, -0.2) is 0 Å². The number of furan rings is 1. The minimum absolute atomic E-state index is 0.102. The second-order valence-electron chi connectivity index (χ2n) is 3.16. The molecule has 0 saturated carbocycles. The molecule has 0 aliphatic heterocycles. The van der Waals surface area contributed by atoms with Crippen LogP contribution in [0.3, 0.4) is 0 Å². The first-order valence-electron chi connectivity index (χ1n) is 4.59. The summed E-state index contributed by atoms with van der Waals surface area (Å²) in [6.07, 6.45) is 0. The summed E-state index contributed by atoms with van der Waals surface area (Å²) >= 11 is 8.85. The van der Waals surface area contributed by atoms with Gasteiger partial charge in [0.05, 0.1) is 17.3 Å². The van der Waals surface area contributed by atoms with Gasteiger partial charge in [0, 0.05) is 0 Å². The van der Waals surface area contributed by atoms with E-state index < -0.39 is 5.82 Å². The minimum Gasteiger partial charge on any atom is -0.452 e. The van der Waals surface area contributed by atoms with E-state index in [0.717, 1.165) is 0 Å². The molecule has 0 bridgehead atoms. The van der Waals surface area contributed by atoms with Gasteiger partial charge in [-0.15, -0.1) is 0 Å². The van der Waals surface area contributed by atoms with Gasteiger partial charge in [-0.1, -0.05) is 17.7 Å². The first kappa shape index (κ1) is 11.5. The van der Waals surface area contributed by atoms with E-state index >= 15 is 0 Å². The Balaban J connectivity index is 2.07. The molecule has 0 atom stereocenters. The molecule has 2 rings (SSSR count). The van der Waals surface area contributed by atoms with Crippen molar-refractivity contribution in [2.24, 2.45) is 0 Å². The van der Waals surface area contributed by atoms with Gasteiger partial charge in [-0.3, -0.25) is 0 Å². The Bertz CT molecular complexity index is 500. The summed E-state index contributed by atoms with van der Waals surface area (Å²) in [4.78, 5) is 0. The molecule has 0 spiro atoms. The molecule has 1 aromatic heterocycles. The van der Waals surface area contributed by atoms with Crippen molar-refractivity contribution in [1.29, 1.82) is 0 Å². The van der Waals surface area contributed by atoms with Gasteiger partial charge in [-0.05, 0) is 40.2 Å². The van der Waals surface area contributed by atoms with Crippen molar-refractivity contribution < 1.29 is 8.81 Å². The predicted octanol–water partition coefficient (Wildman–Crippen LogP) is 4.45. The molecule has 0 aliphatic carbocycles. The first-order chi connectivity index (χ1) is 7.66. The Morgan fingerprint density at radius 1 is 1.31 bits per heavy atom. The van der Waals surface area contributed by atoms with Gasteiger partial charge in [-0.25, -0.2) is 4.39 Å². The minimum atomic E-state index is -0.449. The maximum absolute atomic E-state index is 13.5. The molecule has 84 valence electrons. The zero-order valence-corrected chi connectivity index (χ0v) is 10.5. The number of halogens is 3. The number of rotatable bonds is 3. The van der Waals surface area contributed by atoms with Crippen molar-refractivity contribution >= 4 is 33.2 Å². The molecule has 1 aromatic carbocycles. The van der Waals surface area contributed by atoms with E-state index in [4.69, 9.17) is 16.0 Å². The summed E-state index contributed by atoms with van der Waals surface area (Å²) in [5.41, 5.74) is 0.361. The zero-order valence-electron chi connectivity index (χ0n) is 8.14. The van der Waals surface area contributed by atoms with Crippen molar-refractivity contribution in [3.8, 4) is 0 Å². The Hall–Kier alpha value is -1.000. The molecule has 0 aliphatic rings. The predicted molar refractivity (Wildman–Crippen MR) is 65.1 cm³/mol. The molecule has 5 heteroatoms. The monoisotopic (exact) mass is 303 g/mol. The molecule has 0 unspecified atom stereocenters. The summed E-state index contributed by atoms with van der Waals surface area (Å²) < 4.78 is 19.4. The lowest BCUT2D eigenvalue weighted by atomic mass is 10.3. The third kappa shape index (κ3) is 2.57. The maximum atomic E-state index is 13.5. The van der Waals surface area contributed by atoms with E-state index in [9.17, 15) is 4.39 Å². The molecule has 0 amide bonds. The van der Waals surface area contributed by atoms with Gasteiger partial charge in [0.1, 0.15) is 5.76 Å². The molecule has 1 N–H and O–H groups in total. The third-order valence-electron chi connectivity index (χ3n) is 2.03. The van der Waals surface area contributed by atoms with Crippen LogP contribution in [0.5, 0.6) is 0 Å². The Kier molecular flexibility index (Phi) is 3.51. The maximum Gasteiger partial charge on any atom is 0.169 e. The summed E-state index contributed by atoms with van der Waals surface area (Å²) in [5.74, 6) is 0.265. The highest BCUT2D eigenvalue weighted by Crippen LogP contribution is 2.23. The molecule has 0 radical (unpaired) electrons. The Morgan fingerprint density at radius 3 is 2.81 bits per heavy atom. The van der Waals surface area contributed by atoms with Gasteiger partial charge >= 0.3 is 0 Å². The van der Waals surface area contributed by atoms with Crippen molar-refractivity contribution in [3.05, 3.63) is 51.6 Å². The highest BCUT2D eigenvalue weighted by Gasteiger charge is 2.06. The van der Waals surface area contributed by atoms with E-state index in [1.54, 1.807) is 24.3 Å². The molecule has 0 saturated heterocycles.